The molecule has 0 spiro atoms. The number of hydrogen-bond acceptors (Lipinski definition) is 4. The number of rotatable bonds is 5. The van der Waals surface area contributed by atoms with Crippen LogP contribution in [0.1, 0.15) is 32.1 Å². The van der Waals surface area contributed by atoms with Crippen molar-refractivity contribution < 1.29 is 14.2 Å². The van der Waals surface area contributed by atoms with Crippen LogP contribution in [0.2, 0.25) is 0 Å². The highest BCUT2D eigenvalue weighted by Crippen LogP contribution is 2.53. The van der Waals surface area contributed by atoms with Crippen LogP contribution in [0.25, 0.3) is 32.7 Å². The lowest BCUT2D eigenvalue weighted by Gasteiger charge is -2.29. The van der Waals surface area contributed by atoms with E-state index in [9.17, 15) is 5.11 Å². The molecule has 0 saturated heterocycles. The number of fused-ring (bicyclic) bond motifs is 2. The van der Waals surface area contributed by atoms with Gasteiger partial charge >= 0.3 is 0 Å². The van der Waals surface area contributed by atoms with Gasteiger partial charge in [-0.2, -0.15) is 0 Å². The quantitative estimate of drug-likeness (QED) is 0.305. The first-order chi connectivity index (χ1) is 15.5. The molecule has 1 aliphatic carbocycles. The molecule has 1 aliphatic rings. The SMILES string of the molecule is C[P@@](=S)(Oc1ccc2ccccc2c1-c1c(O)ccc2ccccc12)OC1CCCCC1. The molecule has 0 bridgehead atoms. The van der Waals surface area contributed by atoms with Crippen molar-refractivity contribution in [3.05, 3.63) is 72.8 Å². The third kappa shape index (κ3) is 4.28. The first-order valence-electron chi connectivity index (χ1n) is 11.2. The standard InChI is InChI=1S/C27H27O3PS/c1-31(32,29-21-11-3-2-4-12-21)30-25-18-16-20-10-6-8-14-23(20)27(25)26-22-13-7-5-9-19(22)15-17-24(26)28/h5-10,13-18,21,28H,2-4,11-12H2,1H3/t31-/m0/s1. The fraction of sp³-hybridized carbons (Fsp3) is 0.259. The van der Waals surface area contributed by atoms with Crippen molar-refractivity contribution in [1.29, 1.82) is 0 Å². The highest BCUT2D eigenvalue weighted by atomic mass is 32.5. The molecule has 0 aromatic heterocycles. The summed E-state index contributed by atoms with van der Waals surface area (Å²) in [5.74, 6) is 0.888. The van der Waals surface area contributed by atoms with Crippen LogP contribution in [-0.4, -0.2) is 17.9 Å². The number of aromatic hydroxyl groups is 1. The predicted octanol–water partition coefficient (Wildman–Crippen LogP) is 8.03. The van der Waals surface area contributed by atoms with Gasteiger partial charge in [0.05, 0.1) is 6.10 Å². The summed E-state index contributed by atoms with van der Waals surface area (Å²) in [4.78, 5) is 0. The first kappa shape index (κ1) is 21.5. The molecule has 5 rings (SSSR count). The minimum absolute atomic E-state index is 0.175. The van der Waals surface area contributed by atoms with E-state index < -0.39 is 6.49 Å². The van der Waals surface area contributed by atoms with Gasteiger partial charge < -0.3 is 14.2 Å². The zero-order valence-electron chi connectivity index (χ0n) is 18.2. The van der Waals surface area contributed by atoms with Crippen molar-refractivity contribution in [1.82, 2.24) is 0 Å². The number of benzene rings is 4. The molecule has 4 aromatic carbocycles. The summed E-state index contributed by atoms with van der Waals surface area (Å²) in [6, 6.07) is 24.0. The Bertz CT molecular complexity index is 1330. The van der Waals surface area contributed by atoms with Crippen LogP contribution in [0.4, 0.5) is 0 Å². The molecule has 0 heterocycles. The van der Waals surface area contributed by atoms with Crippen LogP contribution in [-0.2, 0) is 16.3 Å². The lowest BCUT2D eigenvalue weighted by Crippen LogP contribution is -2.16. The van der Waals surface area contributed by atoms with Gasteiger partial charge in [-0.15, -0.1) is 0 Å². The molecule has 164 valence electrons. The molecule has 4 aromatic rings. The lowest BCUT2D eigenvalue weighted by molar-refractivity contribution is 0.158. The van der Waals surface area contributed by atoms with E-state index >= 15 is 0 Å². The Morgan fingerprint density at radius 1 is 0.781 bits per heavy atom. The van der Waals surface area contributed by atoms with E-state index in [1.807, 2.05) is 55.2 Å². The molecule has 0 amide bonds. The van der Waals surface area contributed by atoms with Gasteiger partial charge in [0.25, 0.3) is 0 Å². The van der Waals surface area contributed by atoms with Crippen LogP contribution < -0.4 is 4.52 Å². The topological polar surface area (TPSA) is 38.7 Å². The molecule has 0 radical (unpaired) electrons. The minimum atomic E-state index is -2.53. The second kappa shape index (κ2) is 8.86. The highest BCUT2D eigenvalue weighted by Gasteiger charge is 2.25. The van der Waals surface area contributed by atoms with Crippen LogP contribution >= 0.6 is 6.49 Å². The number of phenolic OH excluding ortho intramolecular Hbond substituents is 1. The first-order valence-corrected chi connectivity index (χ1v) is 14.3. The molecule has 3 nitrogen and oxygen atoms in total. The van der Waals surface area contributed by atoms with Gasteiger partial charge in [0.15, 0.2) is 0 Å². The zero-order valence-corrected chi connectivity index (χ0v) is 19.9. The molecule has 1 atom stereocenters. The summed E-state index contributed by atoms with van der Waals surface area (Å²) >= 11 is 5.87. The molecule has 1 saturated carbocycles. The number of hydrogen-bond donors (Lipinski definition) is 1. The Hall–Kier alpha value is -2.39. The third-order valence-electron chi connectivity index (χ3n) is 6.20. The molecule has 5 heteroatoms. The Balaban J connectivity index is 1.67. The summed E-state index contributed by atoms with van der Waals surface area (Å²) < 4.78 is 12.8. The molecule has 0 aliphatic heterocycles. The Morgan fingerprint density at radius 2 is 1.38 bits per heavy atom. The van der Waals surface area contributed by atoms with E-state index in [2.05, 4.69) is 18.2 Å². The van der Waals surface area contributed by atoms with Gasteiger partial charge in [-0.1, -0.05) is 79.9 Å². The average Bonchev–Trinajstić information content (AvgIpc) is 2.80. The molecular weight excluding hydrogens is 435 g/mol. The fourth-order valence-corrected chi connectivity index (χ4v) is 6.66. The van der Waals surface area contributed by atoms with Crippen LogP contribution in [0.3, 0.4) is 0 Å². The summed E-state index contributed by atoms with van der Waals surface area (Å²) in [5.41, 5.74) is 1.63. The summed E-state index contributed by atoms with van der Waals surface area (Å²) in [5, 5.41) is 15.1. The second-order valence-corrected chi connectivity index (χ2v) is 12.5. The smallest absolute Gasteiger partial charge is 0.235 e. The summed E-state index contributed by atoms with van der Waals surface area (Å²) in [7, 11) is 0. The maximum Gasteiger partial charge on any atom is 0.235 e. The average molecular weight is 463 g/mol. The Labute approximate surface area is 194 Å². The Kier molecular flexibility index (Phi) is 5.94. The van der Waals surface area contributed by atoms with E-state index in [0.29, 0.717) is 5.75 Å². The zero-order chi connectivity index (χ0) is 22.1. The van der Waals surface area contributed by atoms with Gasteiger partial charge in [0.2, 0.25) is 6.49 Å². The van der Waals surface area contributed by atoms with E-state index in [4.69, 9.17) is 20.9 Å². The van der Waals surface area contributed by atoms with E-state index in [0.717, 1.165) is 45.5 Å². The van der Waals surface area contributed by atoms with Gasteiger partial charge in [-0.3, -0.25) is 0 Å². The van der Waals surface area contributed by atoms with Crippen LogP contribution in [0.15, 0.2) is 72.8 Å². The van der Waals surface area contributed by atoms with Gasteiger partial charge in [-0.25, -0.2) is 0 Å². The van der Waals surface area contributed by atoms with Crippen molar-refractivity contribution >= 4 is 39.8 Å². The van der Waals surface area contributed by atoms with E-state index in [1.165, 1.54) is 19.3 Å². The summed E-state index contributed by atoms with van der Waals surface area (Å²) in [6.07, 6.45) is 5.90. The van der Waals surface area contributed by atoms with Gasteiger partial charge in [-0.05, 0) is 58.3 Å². The maximum absolute atomic E-state index is 11.0. The van der Waals surface area contributed by atoms with Crippen molar-refractivity contribution in [3.8, 4) is 22.6 Å². The van der Waals surface area contributed by atoms with Crippen LogP contribution in [0.5, 0.6) is 11.5 Å². The highest BCUT2D eigenvalue weighted by molar-refractivity contribution is 8.09. The largest absolute Gasteiger partial charge is 0.507 e. The Morgan fingerprint density at radius 3 is 2.06 bits per heavy atom. The lowest BCUT2D eigenvalue weighted by atomic mass is 9.92. The molecule has 32 heavy (non-hydrogen) atoms. The molecule has 1 fully saturated rings. The van der Waals surface area contributed by atoms with Gasteiger partial charge in [0, 0.05) is 17.8 Å². The summed E-state index contributed by atoms with van der Waals surface area (Å²) in [6.45, 7) is -0.617. The monoisotopic (exact) mass is 462 g/mol. The van der Waals surface area contributed by atoms with Crippen molar-refractivity contribution in [2.75, 3.05) is 6.66 Å². The van der Waals surface area contributed by atoms with Crippen molar-refractivity contribution in [3.63, 3.8) is 0 Å². The number of phenols is 1. The molecule has 0 unspecified atom stereocenters. The third-order valence-corrected chi connectivity index (χ3v) is 7.90. The van der Waals surface area contributed by atoms with Gasteiger partial charge in [0.1, 0.15) is 11.5 Å². The van der Waals surface area contributed by atoms with Crippen molar-refractivity contribution in [2.24, 2.45) is 0 Å². The second-order valence-electron chi connectivity index (χ2n) is 8.57. The molecular formula is C27H27O3PS. The van der Waals surface area contributed by atoms with E-state index in [-0.39, 0.29) is 11.9 Å². The normalized spacial score (nSPS) is 16.8. The van der Waals surface area contributed by atoms with E-state index in [1.54, 1.807) is 6.07 Å². The minimum Gasteiger partial charge on any atom is -0.507 e. The van der Waals surface area contributed by atoms with Crippen LogP contribution in [0, 0.1) is 0 Å². The molecule has 1 N–H and O–H groups in total. The maximum atomic E-state index is 11.0. The predicted molar refractivity (Wildman–Crippen MR) is 137 cm³/mol. The fourth-order valence-electron chi connectivity index (χ4n) is 4.75. The van der Waals surface area contributed by atoms with Crippen molar-refractivity contribution in [2.45, 2.75) is 38.2 Å².